The first kappa shape index (κ1) is 23.6. The highest BCUT2D eigenvalue weighted by Crippen LogP contribution is 2.29. The Balaban J connectivity index is 1.72. The van der Waals surface area contributed by atoms with E-state index < -0.39 is 18.0 Å². The number of urea groups is 1. The second-order valence-corrected chi connectivity index (χ2v) is 7.74. The molecular weight excluding hydrogens is 414 g/mol. The monoisotopic (exact) mass is 445 g/mol. The standard InChI is InChI=1S/C22H31N5O5/c1-4-8-23-18(28)14-27-11-9-26(10-12-27)13-16-19(21(29)31-5-2)20(25-22(30)24-16)17-7-6-15(3)32-17/h4,6-7,20H,1,5,8-14H2,2-3H3,(H,23,28)(H2,24,25,30). The van der Waals surface area contributed by atoms with Crippen LogP contribution in [0.1, 0.15) is 24.5 Å². The van der Waals surface area contributed by atoms with Crippen LogP contribution >= 0.6 is 0 Å². The van der Waals surface area contributed by atoms with Crippen LogP contribution < -0.4 is 16.0 Å². The second kappa shape index (κ2) is 11.0. The van der Waals surface area contributed by atoms with Crippen molar-refractivity contribution < 1.29 is 23.5 Å². The number of hydrogen-bond donors (Lipinski definition) is 3. The Morgan fingerprint density at radius 1 is 1.28 bits per heavy atom. The van der Waals surface area contributed by atoms with E-state index in [4.69, 9.17) is 9.15 Å². The molecule has 1 aromatic heterocycles. The highest BCUT2D eigenvalue weighted by molar-refractivity contribution is 5.95. The van der Waals surface area contributed by atoms with Gasteiger partial charge in [-0.3, -0.25) is 14.6 Å². The van der Waals surface area contributed by atoms with E-state index in [0.717, 1.165) is 0 Å². The molecule has 0 saturated carbocycles. The smallest absolute Gasteiger partial charge is 0.338 e. The summed E-state index contributed by atoms with van der Waals surface area (Å²) in [5, 5.41) is 8.33. The molecule has 3 rings (SSSR count). The topological polar surface area (TPSA) is 116 Å². The number of carbonyl (C=O) groups is 3. The maximum atomic E-state index is 12.8. The van der Waals surface area contributed by atoms with Crippen molar-refractivity contribution in [2.24, 2.45) is 0 Å². The largest absolute Gasteiger partial charge is 0.464 e. The molecule has 174 valence electrons. The summed E-state index contributed by atoms with van der Waals surface area (Å²) < 4.78 is 11.0. The van der Waals surface area contributed by atoms with Gasteiger partial charge < -0.3 is 25.1 Å². The number of hydrogen-bond acceptors (Lipinski definition) is 7. The van der Waals surface area contributed by atoms with Crippen molar-refractivity contribution in [2.45, 2.75) is 19.9 Å². The van der Waals surface area contributed by atoms with Crippen molar-refractivity contribution in [3.8, 4) is 0 Å². The first-order valence-corrected chi connectivity index (χ1v) is 10.8. The van der Waals surface area contributed by atoms with Crippen LogP contribution in [0.25, 0.3) is 0 Å². The average Bonchev–Trinajstić information content (AvgIpc) is 3.19. The number of esters is 1. The molecule has 0 spiro atoms. The maximum absolute atomic E-state index is 12.8. The third-order valence-electron chi connectivity index (χ3n) is 5.35. The summed E-state index contributed by atoms with van der Waals surface area (Å²) in [7, 11) is 0. The molecule has 10 nitrogen and oxygen atoms in total. The Morgan fingerprint density at radius 2 is 2.00 bits per heavy atom. The molecule has 0 bridgehead atoms. The van der Waals surface area contributed by atoms with Crippen molar-refractivity contribution in [3.05, 3.63) is 47.6 Å². The molecule has 3 heterocycles. The molecule has 2 aliphatic heterocycles. The lowest BCUT2D eigenvalue weighted by molar-refractivity contribution is -0.139. The highest BCUT2D eigenvalue weighted by Gasteiger charge is 2.36. The van der Waals surface area contributed by atoms with Gasteiger partial charge in [-0.2, -0.15) is 0 Å². The van der Waals surface area contributed by atoms with Crippen molar-refractivity contribution >= 4 is 17.9 Å². The number of piperazine rings is 1. The Hall–Kier alpha value is -3.11. The molecule has 1 aromatic rings. The lowest BCUT2D eigenvalue weighted by Gasteiger charge is -2.36. The van der Waals surface area contributed by atoms with Gasteiger partial charge in [0.15, 0.2) is 0 Å². The fourth-order valence-electron chi connectivity index (χ4n) is 3.79. The molecule has 0 radical (unpaired) electrons. The Labute approximate surface area is 187 Å². The van der Waals surface area contributed by atoms with Crippen LogP contribution in [-0.2, 0) is 14.3 Å². The lowest BCUT2D eigenvalue weighted by atomic mass is 9.99. The van der Waals surface area contributed by atoms with E-state index in [-0.39, 0.29) is 12.5 Å². The van der Waals surface area contributed by atoms with E-state index >= 15 is 0 Å². The van der Waals surface area contributed by atoms with Gasteiger partial charge in [0.25, 0.3) is 0 Å². The molecule has 3 amide bonds. The number of nitrogens with one attached hydrogen (secondary N) is 3. The van der Waals surface area contributed by atoms with E-state index in [0.29, 0.717) is 68.6 Å². The van der Waals surface area contributed by atoms with Crippen molar-refractivity contribution in [1.82, 2.24) is 25.8 Å². The molecule has 3 N–H and O–H groups in total. The Kier molecular flexibility index (Phi) is 8.07. The van der Waals surface area contributed by atoms with Gasteiger partial charge in [0.05, 0.1) is 18.7 Å². The van der Waals surface area contributed by atoms with Crippen LogP contribution in [0.15, 0.2) is 40.5 Å². The number of carbonyl (C=O) groups excluding carboxylic acids is 3. The Morgan fingerprint density at radius 3 is 2.62 bits per heavy atom. The van der Waals surface area contributed by atoms with E-state index in [2.05, 4.69) is 32.3 Å². The summed E-state index contributed by atoms with van der Waals surface area (Å²) in [5.74, 6) is 0.637. The first-order valence-electron chi connectivity index (χ1n) is 10.8. The first-order chi connectivity index (χ1) is 15.4. The van der Waals surface area contributed by atoms with Crippen LogP contribution in [0.4, 0.5) is 4.79 Å². The predicted octanol–water partition coefficient (Wildman–Crippen LogP) is 0.679. The number of ether oxygens (including phenoxy) is 1. The quantitative estimate of drug-likeness (QED) is 0.378. The summed E-state index contributed by atoms with van der Waals surface area (Å²) in [5.41, 5.74) is 0.843. The van der Waals surface area contributed by atoms with Gasteiger partial charge in [-0.15, -0.1) is 6.58 Å². The fraction of sp³-hybridized carbons (Fsp3) is 0.500. The molecular formula is C22H31N5O5. The van der Waals surface area contributed by atoms with Crippen molar-refractivity contribution in [3.63, 3.8) is 0 Å². The van der Waals surface area contributed by atoms with Crippen LogP contribution in [0, 0.1) is 6.92 Å². The lowest BCUT2D eigenvalue weighted by Crippen LogP contribution is -2.52. The average molecular weight is 446 g/mol. The van der Waals surface area contributed by atoms with Gasteiger partial charge in [0.1, 0.15) is 17.6 Å². The van der Waals surface area contributed by atoms with Crippen molar-refractivity contribution in [1.29, 1.82) is 0 Å². The molecule has 1 unspecified atom stereocenters. The van der Waals surface area contributed by atoms with Gasteiger partial charge in [0, 0.05) is 45.0 Å². The zero-order valence-electron chi connectivity index (χ0n) is 18.6. The molecule has 0 aromatic carbocycles. The minimum Gasteiger partial charge on any atom is -0.464 e. The highest BCUT2D eigenvalue weighted by atomic mass is 16.5. The van der Waals surface area contributed by atoms with Gasteiger partial charge in [0.2, 0.25) is 5.91 Å². The van der Waals surface area contributed by atoms with E-state index in [9.17, 15) is 14.4 Å². The second-order valence-electron chi connectivity index (χ2n) is 7.74. The predicted molar refractivity (Wildman–Crippen MR) is 118 cm³/mol. The van der Waals surface area contributed by atoms with Gasteiger partial charge in [-0.05, 0) is 26.0 Å². The van der Waals surface area contributed by atoms with Crippen LogP contribution in [-0.4, -0.2) is 80.1 Å². The zero-order chi connectivity index (χ0) is 23.1. The SMILES string of the molecule is C=CCNC(=O)CN1CCN(CC2=C(C(=O)OCC)C(c3ccc(C)o3)NC(=O)N2)CC1. The fourth-order valence-corrected chi connectivity index (χ4v) is 3.79. The van der Waals surface area contributed by atoms with Crippen LogP contribution in [0.5, 0.6) is 0 Å². The summed E-state index contributed by atoms with van der Waals surface area (Å²) in [6, 6.07) is 2.42. The molecule has 1 saturated heterocycles. The van der Waals surface area contributed by atoms with Crippen LogP contribution in [0.3, 0.4) is 0 Å². The number of amides is 3. The number of rotatable bonds is 9. The van der Waals surface area contributed by atoms with Crippen molar-refractivity contribution in [2.75, 3.05) is 52.4 Å². The molecule has 1 fully saturated rings. The van der Waals surface area contributed by atoms with Gasteiger partial charge in [-0.1, -0.05) is 6.08 Å². The number of furan rings is 1. The number of nitrogens with zero attached hydrogens (tertiary/aromatic N) is 2. The Bertz CT molecular complexity index is 885. The molecule has 32 heavy (non-hydrogen) atoms. The van der Waals surface area contributed by atoms with Gasteiger partial charge in [-0.25, -0.2) is 9.59 Å². The third-order valence-corrected chi connectivity index (χ3v) is 5.35. The normalized spacial score (nSPS) is 19.8. The molecule has 1 atom stereocenters. The third kappa shape index (κ3) is 5.98. The van der Waals surface area contributed by atoms with Crippen LogP contribution in [0.2, 0.25) is 0 Å². The van der Waals surface area contributed by atoms with E-state index in [1.165, 1.54) is 0 Å². The summed E-state index contributed by atoms with van der Waals surface area (Å²) in [6.07, 6.45) is 1.65. The van der Waals surface area contributed by atoms with E-state index in [1.807, 2.05) is 0 Å². The number of aryl methyl sites for hydroxylation is 1. The minimum absolute atomic E-state index is 0.0344. The maximum Gasteiger partial charge on any atom is 0.338 e. The molecule has 0 aliphatic carbocycles. The zero-order valence-corrected chi connectivity index (χ0v) is 18.6. The summed E-state index contributed by atoms with van der Waals surface area (Å²) in [6.45, 7) is 11.3. The summed E-state index contributed by atoms with van der Waals surface area (Å²) in [4.78, 5) is 41.3. The molecule has 2 aliphatic rings. The minimum atomic E-state index is -0.721. The molecule has 10 heteroatoms. The van der Waals surface area contributed by atoms with Gasteiger partial charge >= 0.3 is 12.0 Å². The summed E-state index contributed by atoms with van der Waals surface area (Å²) >= 11 is 0. The van der Waals surface area contributed by atoms with E-state index in [1.54, 1.807) is 32.1 Å².